The lowest BCUT2D eigenvalue weighted by Gasteiger charge is -2.23. The highest BCUT2D eigenvalue weighted by atomic mass is 32.2. The Labute approximate surface area is 156 Å². The van der Waals surface area contributed by atoms with Crippen molar-refractivity contribution < 1.29 is 40.6 Å². The average Bonchev–Trinajstić information content (AvgIpc) is 2.60. The number of benzene rings is 2. The van der Waals surface area contributed by atoms with Gasteiger partial charge in [0, 0.05) is 17.5 Å². The predicted molar refractivity (Wildman–Crippen MR) is 89.3 cm³/mol. The standard InChI is InChI=1S/C17H13F4NO5S/c18-10-2-4-11(16(24)22-28(25,26)17(19,20)21)13(8-10)9-1-3-12-14(23)5-6-27-15(12)7-9/h1-4,7-8,14,23H,5-6H2,(H,22,24)/t14-/m0/s1. The zero-order chi connectivity index (χ0) is 20.7. The average molecular weight is 419 g/mol. The fourth-order valence-electron chi connectivity index (χ4n) is 2.73. The maximum Gasteiger partial charge on any atom is 0.516 e. The Hall–Kier alpha value is -2.66. The largest absolute Gasteiger partial charge is 0.516 e. The zero-order valence-corrected chi connectivity index (χ0v) is 14.8. The Morgan fingerprint density at radius 1 is 1.18 bits per heavy atom. The zero-order valence-electron chi connectivity index (χ0n) is 14.0. The summed E-state index contributed by atoms with van der Waals surface area (Å²) in [5, 5.41) is 9.94. The molecule has 2 aromatic rings. The van der Waals surface area contributed by atoms with Crippen LogP contribution in [0.3, 0.4) is 0 Å². The third kappa shape index (κ3) is 3.80. The first-order chi connectivity index (χ1) is 13.0. The molecule has 28 heavy (non-hydrogen) atoms. The van der Waals surface area contributed by atoms with E-state index in [1.165, 1.54) is 18.2 Å². The van der Waals surface area contributed by atoms with Crippen LogP contribution in [-0.2, 0) is 10.0 Å². The summed E-state index contributed by atoms with van der Waals surface area (Å²) in [5.74, 6) is -2.08. The molecule has 1 amide bonds. The molecular weight excluding hydrogens is 406 g/mol. The van der Waals surface area contributed by atoms with E-state index < -0.39 is 38.9 Å². The maximum absolute atomic E-state index is 13.7. The molecule has 11 heteroatoms. The van der Waals surface area contributed by atoms with Crippen LogP contribution in [0.2, 0.25) is 0 Å². The normalized spacial score (nSPS) is 16.8. The van der Waals surface area contributed by atoms with Crippen LogP contribution in [0.5, 0.6) is 5.75 Å². The van der Waals surface area contributed by atoms with Crippen molar-refractivity contribution in [2.24, 2.45) is 0 Å². The minimum absolute atomic E-state index is 0.138. The number of alkyl halides is 3. The number of ether oxygens (including phenoxy) is 1. The first kappa shape index (κ1) is 20.1. The van der Waals surface area contributed by atoms with E-state index in [4.69, 9.17) is 4.74 Å². The number of carbonyl (C=O) groups excluding carboxylic acids is 1. The molecule has 150 valence electrons. The summed E-state index contributed by atoms with van der Waals surface area (Å²) in [6.45, 7) is 0.220. The summed E-state index contributed by atoms with van der Waals surface area (Å²) in [7, 11) is -5.93. The summed E-state index contributed by atoms with van der Waals surface area (Å²) in [4.78, 5) is 12.2. The minimum Gasteiger partial charge on any atom is -0.493 e. The molecule has 0 fully saturated rings. The molecule has 1 heterocycles. The monoisotopic (exact) mass is 419 g/mol. The van der Waals surface area contributed by atoms with Crippen molar-refractivity contribution in [3.8, 4) is 16.9 Å². The van der Waals surface area contributed by atoms with Gasteiger partial charge in [0.1, 0.15) is 11.6 Å². The molecule has 6 nitrogen and oxygen atoms in total. The third-order valence-corrected chi connectivity index (χ3v) is 5.15. The van der Waals surface area contributed by atoms with Crippen molar-refractivity contribution in [2.75, 3.05) is 6.61 Å². The highest BCUT2D eigenvalue weighted by molar-refractivity contribution is 7.90. The van der Waals surface area contributed by atoms with Crippen LogP contribution in [0.4, 0.5) is 17.6 Å². The molecule has 0 saturated heterocycles. The third-order valence-electron chi connectivity index (χ3n) is 4.09. The number of nitrogens with one attached hydrogen (secondary N) is 1. The van der Waals surface area contributed by atoms with Gasteiger partial charge in [-0.1, -0.05) is 12.1 Å². The fraction of sp³-hybridized carbons (Fsp3) is 0.235. The van der Waals surface area contributed by atoms with Gasteiger partial charge in [0.2, 0.25) is 0 Å². The molecule has 2 aromatic carbocycles. The molecule has 0 aromatic heterocycles. The van der Waals surface area contributed by atoms with E-state index in [2.05, 4.69) is 0 Å². The molecule has 1 atom stereocenters. The lowest BCUT2D eigenvalue weighted by molar-refractivity contribution is -0.0446. The number of aliphatic hydroxyl groups is 1. The maximum atomic E-state index is 13.7. The number of hydrogen-bond acceptors (Lipinski definition) is 5. The number of aliphatic hydroxyl groups excluding tert-OH is 1. The van der Waals surface area contributed by atoms with Crippen molar-refractivity contribution in [1.82, 2.24) is 4.72 Å². The quantitative estimate of drug-likeness (QED) is 0.747. The van der Waals surface area contributed by atoms with Crippen molar-refractivity contribution in [2.45, 2.75) is 18.0 Å². The SMILES string of the molecule is O=C(NS(=O)(=O)C(F)(F)F)c1ccc(F)cc1-c1ccc2c(c1)OCC[C@@H]2O. The van der Waals surface area contributed by atoms with Gasteiger partial charge in [-0.15, -0.1) is 0 Å². The number of sulfonamides is 1. The molecule has 0 unspecified atom stereocenters. The molecule has 0 radical (unpaired) electrons. The Morgan fingerprint density at radius 3 is 2.57 bits per heavy atom. The molecule has 1 aliphatic heterocycles. The molecule has 0 spiro atoms. The highest BCUT2D eigenvalue weighted by Gasteiger charge is 2.47. The Bertz CT molecular complexity index is 1040. The van der Waals surface area contributed by atoms with Crippen LogP contribution >= 0.6 is 0 Å². The van der Waals surface area contributed by atoms with Crippen molar-refractivity contribution in [3.63, 3.8) is 0 Å². The van der Waals surface area contributed by atoms with Crippen LogP contribution in [0.25, 0.3) is 11.1 Å². The Kier molecular flexibility index (Phi) is 5.06. The smallest absolute Gasteiger partial charge is 0.493 e. The van der Waals surface area contributed by atoms with E-state index in [9.17, 15) is 35.9 Å². The van der Waals surface area contributed by atoms with Gasteiger partial charge < -0.3 is 9.84 Å². The van der Waals surface area contributed by atoms with Gasteiger partial charge in [0.15, 0.2) is 0 Å². The molecule has 1 aliphatic rings. The first-order valence-electron chi connectivity index (χ1n) is 7.88. The first-order valence-corrected chi connectivity index (χ1v) is 9.36. The van der Waals surface area contributed by atoms with Gasteiger partial charge in [-0.3, -0.25) is 4.79 Å². The summed E-state index contributed by atoms with van der Waals surface area (Å²) >= 11 is 0. The number of halogens is 4. The van der Waals surface area contributed by atoms with E-state index in [0.29, 0.717) is 12.0 Å². The van der Waals surface area contributed by atoms with E-state index in [-0.39, 0.29) is 23.5 Å². The molecule has 2 N–H and O–H groups in total. The summed E-state index contributed by atoms with van der Waals surface area (Å²) in [5.41, 5.74) is -5.63. The minimum atomic E-state index is -5.93. The van der Waals surface area contributed by atoms with Crippen LogP contribution in [0, 0.1) is 5.82 Å². The summed E-state index contributed by atoms with van der Waals surface area (Å²) < 4.78 is 80.0. The second kappa shape index (κ2) is 7.06. The lowest BCUT2D eigenvalue weighted by atomic mass is 9.95. The van der Waals surface area contributed by atoms with Crippen molar-refractivity contribution >= 4 is 15.9 Å². The van der Waals surface area contributed by atoms with Crippen LogP contribution in [0.15, 0.2) is 36.4 Å². The number of fused-ring (bicyclic) bond motifs is 1. The highest BCUT2D eigenvalue weighted by Crippen LogP contribution is 2.36. The molecule has 3 rings (SSSR count). The Balaban J connectivity index is 2.04. The summed E-state index contributed by atoms with van der Waals surface area (Å²) in [6, 6.07) is 6.87. The topological polar surface area (TPSA) is 92.7 Å². The second-order valence-corrected chi connectivity index (χ2v) is 7.65. The fourth-order valence-corrected chi connectivity index (χ4v) is 3.20. The van der Waals surface area contributed by atoms with Crippen molar-refractivity contribution in [3.05, 3.63) is 53.3 Å². The van der Waals surface area contributed by atoms with Crippen LogP contribution in [-0.4, -0.2) is 31.5 Å². The number of carbonyl (C=O) groups is 1. The van der Waals surface area contributed by atoms with Gasteiger partial charge in [-0.25, -0.2) is 9.11 Å². The molecular formula is C17H13F4NO5S. The van der Waals surface area contributed by atoms with Gasteiger partial charge >= 0.3 is 15.5 Å². The Morgan fingerprint density at radius 2 is 1.89 bits per heavy atom. The lowest BCUT2D eigenvalue weighted by Crippen LogP contribution is -2.40. The summed E-state index contributed by atoms with van der Waals surface area (Å²) in [6.07, 6.45) is -0.403. The predicted octanol–water partition coefficient (Wildman–Crippen LogP) is 2.89. The molecule has 0 saturated carbocycles. The number of hydrogen-bond donors (Lipinski definition) is 2. The van der Waals surface area contributed by atoms with Crippen LogP contribution < -0.4 is 9.46 Å². The van der Waals surface area contributed by atoms with E-state index in [1.807, 2.05) is 0 Å². The van der Waals surface area contributed by atoms with Gasteiger partial charge in [-0.05, 0) is 35.4 Å². The number of amides is 1. The van der Waals surface area contributed by atoms with E-state index in [0.717, 1.165) is 22.9 Å². The van der Waals surface area contributed by atoms with E-state index in [1.54, 1.807) is 0 Å². The van der Waals surface area contributed by atoms with Gasteiger partial charge in [-0.2, -0.15) is 21.6 Å². The van der Waals surface area contributed by atoms with E-state index >= 15 is 0 Å². The van der Waals surface area contributed by atoms with Crippen LogP contribution in [0.1, 0.15) is 28.4 Å². The second-order valence-electron chi connectivity index (χ2n) is 5.98. The van der Waals surface area contributed by atoms with Crippen molar-refractivity contribution in [1.29, 1.82) is 0 Å². The van der Waals surface area contributed by atoms with Gasteiger partial charge in [0.25, 0.3) is 5.91 Å². The molecule has 0 aliphatic carbocycles. The van der Waals surface area contributed by atoms with Gasteiger partial charge in [0.05, 0.1) is 12.7 Å². The number of rotatable bonds is 3. The molecule has 0 bridgehead atoms.